The Kier molecular flexibility index (Phi) is 5.17. The Morgan fingerprint density at radius 3 is 2.85 bits per heavy atom. The number of hydrogen-bond acceptors (Lipinski definition) is 4. The molecule has 1 aromatic carbocycles. The molecule has 0 fully saturated rings. The standard InChI is InChI=1S/C13H13Br2N3OS/c1-3-18-8(2)7-20-13(18)17-16-6-9-4-10(14)5-11(15)12(9)19/h4-7,19H,3H2,1-2H3. The lowest BCUT2D eigenvalue weighted by Gasteiger charge is -2.01. The van der Waals surface area contributed by atoms with Crippen LogP contribution in [-0.2, 0) is 6.54 Å². The van der Waals surface area contributed by atoms with Gasteiger partial charge < -0.3 is 9.67 Å². The number of aromatic nitrogens is 1. The van der Waals surface area contributed by atoms with Crippen LogP contribution >= 0.6 is 43.2 Å². The fourth-order valence-electron chi connectivity index (χ4n) is 1.70. The Bertz CT molecular complexity index is 719. The van der Waals surface area contributed by atoms with Gasteiger partial charge in [-0.2, -0.15) is 5.10 Å². The predicted molar refractivity (Wildman–Crippen MR) is 89.4 cm³/mol. The largest absolute Gasteiger partial charge is 0.506 e. The topological polar surface area (TPSA) is 49.9 Å². The third kappa shape index (κ3) is 3.39. The molecule has 4 nitrogen and oxygen atoms in total. The van der Waals surface area contributed by atoms with Gasteiger partial charge in [0.1, 0.15) is 5.75 Å². The molecule has 0 amide bonds. The van der Waals surface area contributed by atoms with Crippen molar-refractivity contribution in [1.82, 2.24) is 4.57 Å². The van der Waals surface area contributed by atoms with E-state index in [0.29, 0.717) is 10.0 Å². The van der Waals surface area contributed by atoms with Crippen LogP contribution in [0.25, 0.3) is 0 Å². The highest BCUT2D eigenvalue weighted by atomic mass is 79.9. The zero-order chi connectivity index (χ0) is 14.7. The SMILES string of the molecule is CCn1c(C)csc1=NN=Cc1cc(Br)cc(Br)c1O. The zero-order valence-electron chi connectivity index (χ0n) is 11.0. The van der Waals surface area contributed by atoms with Crippen LogP contribution in [0.5, 0.6) is 5.75 Å². The highest BCUT2D eigenvalue weighted by molar-refractivity contribution is 9.11. The minimum atomic E-state index is 0.151. The third-order valence-electron chi connectivity index (χ3n) is 2.71. The zero-order valence-corrected chi connectivity index (χ0v) is 15.0. The molecule has 1 aromatic heterocycles. The summed E-state index contributed by atoms with van der Waals surface area (Å²) in [5.41, 5.74) is 1.77. The number of aryl methyl sites for hydroxylation is 1. The summed E-state index contributed by atoms with van der Waals surface area (Å²) in [6, 6.07) is 3.56. The van der Waals surface area contributed by atoms with Crippen LogP contribution in [-0.4, -0.2) is 15.9 Å². The summed E-state index contributed by atoms with van der Waals surface area (Å²) in [6.45, 7) is 4.97. The maximum Gasteiger partial charge on any atom is 0.210 e. The molecule has 0 spiro atoms. The van der Waals surface area contributed by atoms with Crippen molar-refractivity contribution in [1.29, 1.82) is 0 Å². The van der Waals surface area contributed by atoms with Crippen LogP contribution in [0.1, 0.15) is 18.2 Å². The van der Waals surface area contributed by atoms with Crippen molar-refractivity contribution in [3.63, 3.8) is 0 Å². The Labute approximate surface area is 137 Å². The molecular formula is C13H13Br2N3OS. The monoisotopic (exact) mass is 417 g/mol. The second kappa shape index (κ2) is 6.69. The number of nitrogens with zero attached hydrogens (tertiary/aromatic N) is 3. The van der Waals surface area contributed by atoms with E-state index >= 15 is 0 Å². The van der Waals surface area contributed by atoms with E-state index in [1.807, 2.05) is 12.3 Å². The van der Waals surface area contributed by atoms with Gasteiger partial charge in [0.25, 0.3) is 0 Å². The summed E-state index contributed by atoms with van der Waals surface area (Å²) in [4.78, 5) is 0.842. The summed E-state index contributed by atoms with van der Waals surface area (Å²) in [6.07, 6.45) is 1.54. The Balaban J connectivity index is 2.35. The maximum absolute atomic E-state index is 9.92. The number of hydrogen-bond donors (Lipinski definition) is 1. The van der Waals surface area contributed by atoms with E-state index in [2.05, 4.69) is 53.6 Å². The van der Waals surface area contributed by atoms with E-state index in [-0.39, 0.29) is 5.75 Å². The highest BCUT2D eigenvalue weighted by Gasteiger charge is 2.05. The van der Waals surface area contributed by atoms with E-state index in [1.54, 1.807) is 29.7 Å². The lowest BCUT2D eigenvalue weighted by atomic mass is 10.2. The van der Waals surface area contributed by atoms with Crippen LogP contribution in [0.3, 0.4) is 0 Å². The molecule has 20 heavy (non-hydrogen) atoms. The van der Waals surface area contributed by atoms with Gasteiger partial charge >= 0.3 is 0 Å². The third-order valence-corrected chi connectivity index (χ3v) is 4.74. The van der Waals surface area contributed by atoms with Gasteiger partial charge in [0.05, 0.1) is 10.7 Å². The van der Waals surface area contributed by atoms with E-state index in [1.165, 1.54) is 5.69 Å². The summed E-state index contributed by atoms with van der Waals surface area (Å²) >= 11 is 8.21. The van der Waals surface area contributed by atoms with Crippen LogP contribution in [0, 0.1) is 6.92 Å². The van der Waals surface area contributed by atoms with Gasteiger partial charge in [-0.15, -0.1) is 16.4 Å². The van der Waals surface area contributed by atoms with Crippen molar-refractivity contribution >= 4 is 49.4 Å². The Morgan fingerprint density at radius 1 is 1.40 bits per heavy atom. The van der Waals surface area contributed by atoms with Crippen molar-refractivity contribution in [2.75, 3.05) is 0 Å². The second-order valence-corrected chi connectivity index (χ2v) is 6.68. The van der Waals surface area contributed by atoms with Gasteiger partial charge in [-0.05, 0) is 41.9 Å². The quantitative estimate of drug-likeness (QED) is 0.593. The molecule has 0 atom stereocenters. The van der Waals surface area contributed by atoms with Crippen LogP contribution < -0.4 is 4.80 Å². The molecule has 0 aliphatic carbocycles. The van der Waals surface area contributed by atoms with Crippen molar-refractivity contribution in [3.8, 4) is 5.75 Å². The lowest BCUT2D eigenvalue weighted by molar-refractivity contribution is 0.471. The average Bonchev–Trinajstić information content (AvgIpc) is 2.75. The molecule has 1 heterocycles. The molecule has 0 radical (unpaired) electrons. The molecule has 7 heteroatoms. The number of phenolic OH excluding ortho intramolecular Hbond substituents is 1. The number of phenols is 1. The molecule has 0 saturated carbocycles. The number of thiazole rings is 1. The van der Waals surface area contributed by atoms with E-state index < -0.39 is 0 Å². The Hall–Kier alpha value is -0.920. The van der Waals surface area contributed by atoms with Crippen molar-refractivity contribution in [3.05, 3.63) is 42.5 Å². The molecule has 0 unspecified atom stereocenters. The van der Waals surface area contributed by atoms with Crippen molar-refractivity contribution < 1.29 is 5.11 Å². The molecule has 2 rings (SSSR count). The Morgan fingerprint density at radius 2 is 2.15 bits per heavy atom. The summed E-state index contributed by atoms with van der Waals surface area (Å²) in [5.74, 6) is 0.151. The van der Waals surface area contributed by atoms with Gasteiger partial charge in [-0.25, -0.2) is 0 Å². The smallest absolute Gasteiger partial charge is 0.210 e. The molecule has 0 aliphatic heterocycles. The number of aromatic hydroxyl groups is 1. The van der Waals surface area contributed by atoms with Crippen LogP contribution in [0.4, 0.5) is 0 Å². The molecule has 0 bridgehead atoms. The minimum Gasteiger partial charge on any atom is -0.506 e. The van der Waals surface area contributed by atoms with Gasteiger partial charge in [-0.1, -0.05) is 15.9 Å². The number of halogens is 2. The van der Waals surface area contributed by atoms with E-state index in [0.717, 1.165) is 15.8 Å². The molecule has 0 saturated heterocycles. The van der Waals surface area contributed by atoms with Crippen LogP contribution in [0.15, 0.2) is 36.7 Å². The van der Waals surface area contributed by atoms with Crippen molar-refractivity contribution in [2.45, 2.75) is 20.4 Å². The summed E-state index contributed by atoms with van der Waals surface area (Å²) < 4.78 is 3.56. The average molecular weight is 419 g/mol. The fraction of sp³-hybridized carbons (Fsp3) is 0.231. The van der Waals surface area contributed by atoms with E-state index in [4.69, 9.17) is 0 Å². The normalized spacial score (nSPS) is 12.5. The minimum absolute atomic E-state index is 0.151. The molecule has 2 aromatic rings. The molecule has 106 valence electrons. The predicted octanol–water partition coefficient (Wildman–Crippen LogP) is 4.04. The first-order valence-electron chi connectivity index (χ1n) is 5.93. The van der Waals surface area contributed by atoms with Gasteiger partial charge in [0.15, 0.2) is 0 Å². The lowest BCUT2D eigenvalue weighted by Crippen LogP contribution is -2.14. The second-order valence-electron chi connectivity index (χ2n) is 4.07. The maximum atomic E-state index is 9.92. The molecule has 1 N–H and O–H groups in total. The molecule has 0 aliphatic rings. The number of benzene rings is 1. The molecular weight excluding hydrogens is 406 g/mol. The van der Waals surface area contributed by atoms with E-state index in [9.17, 15) is 5.11 Å². The van der Waals surface area contributed by atoms with Crippen LogP contribution in [0.2, 0.25) is 0 Å². The van der Waals surface area contributed by atoms with Crippen molar-refractivity contribution in [2.24, 2.45) is 10.2 Å². The summed E-state index contributed by atoms with van der Waals surface area (Å²) in [7, 11) is 0. The first-order valence-corrected chi connectivity index (χ1v) is 8.39. The van der Waals surface area contributed by atoms with Gasteiger partial charge in [0, 0.05) is 27.7 Å². The first-order chi connectivity index (χ1) is 9.52. The fourth-order valence-corrected chi connectivity index (χ4v) is 3.86. The van der Waals surface area contributed by atoms with Gasteiger partial charge in [0.2, 0.25) is 4.80 Å². The highest BCUT2D eigenvalue weighted by Crippen LogP contribution is 2.30. The first kappa shape index (κ1) is 15.5. The summed E-state index contributed by atoms with van der Waals surface area (Å²) in [5, 5.41) is 20.2. The number of rotatable bonds is 3. The van der Waals surface area contributed by atoms with Gasteiger partial charge in [-0.3, -0.25) is 0 Å².